The van der Waals surface area contributed by atoms with Gasteiger partial charge in [0.2, 0.25) is 0 Å². The van der Waals surface area contributed by atoms with Crippen molar-refractivity contribution in [3.05, 3.63) is 30.6 Å². The lowest BCUT2D eigenvalue weighted by Gasteiger charge is -2.25. The molecule has 1 aliphatic rings. The van der Waals surface area contributed by atoms with E-state index in [0.29, 0.717) is 6.04 Å². The molecule has 1 saturated heterocycles. The quantitative estimate of drug-likeness (QED) is 0.795. The fourth-order valence-corrected chi connectivity index (χ4v) is 2.38. The number of nitrogens with zero attached hydrogens (tertiary/aromatic N) is 1. The number of fused-ring (bicyclic) bond motifs is 1. The Kier molecular flexibility index (Phi) is 3.02. The van der Waals surface area contributed by atoms with Gasteiger partial charge in [-0.3, -0.25) is 4.98 Å². The van der Waals surface area contributed by atoms with Crippen LogP contribution in [-0.2, 0) is 4.74 Å². The van der Waals surface area contributed by atoms with Crippen LogP contribution in [0.3, 0.4) is 0 Å². The molecule has 1 aliphatic heterocycles. The van der Waals surface area contributed by atoms with Gasteiger partial charge in [-0.15, -0.1) is 0 Å². The van der Waals surface area contributed by atoms with Crippen molar-refractivity contribution in [1.29, 1.82) is 0 Å². The predicted molar refractivity (Wildman–Crippen MR) is 73.6 cm³/mol. The molecule has 3 N–H and O–H groups in total. The van der Waals surface area contributed by atoms with Crippen LogP contribution in [0.2, 0.25) is 0 Å². The van der Waals surface area contributed by atoms with Gasteiger partial charge in [-0.1, -0.05) is 6.07 Å². The highest BCUT2D eigenvalue weighted by molar-refractivity contribution is 5.98. The second kappa shape index (κ2) is 4.82. The summed E-state index contributed by atoms with van der Waals surface area (Å²) in [6.07, 6.45) is 5.68. The number of aromatic nitrogens is 1. The lowest BCUT2D eigenvalue weighted by atomic mass is 10.1. The predicted octanol–water partition coefficient (Wildman–Crippen LogP) is 2.41. The molecule has 0 amide bonds. The van der Waals surface area contributed by atoms with Gasteiger partial charge in [0.1, 0.15) is 0 Å². The first kappa shape index (κ1) is 11.3. The van der Waals surface area contributed by atoms with E-state index in [1.807, 2.05) is 18.3 Å². The summed E-state index contributed by atoms with van der Waals surface area (Å²) in [4.78, 5) is 4.11. The van der Waals surface area contributed by atoms with Crippen molar-refractivity contribution in [2.45, 2.75) is 18.9 Å². The number of ether oxygens (including phenoxy) is 1. The average Bonchev–Trinajstić information content (AvgIpc) is 2.43. The van der Waals surface area contributed by atoms with Gasteiger partial charge in [-0.05, 0) is 25.0 Å². The van der Waals surface area contributed by atoms with Gasteiger partial charge in [0.05, 0.1) is 11.4 Å². The third kappa shape index (κ3) is 2.11. The maximum absolute atomic E-state index is 6.21. The summed E-state index contributed by atoms with van der Waals surface area (Å²) in [6.45, 7) is 1.66. The maximum atomic E-state index is 6.21. The first-order valence-electron chi connectivity index (χ1n) is 6.31. The van der Waals surface area contributed by atoms with E-state index < -0.39 is 0 Å². The van der Waals surface area contributed by atoms with E-state index >= 15 is 0 Å². The van der Waals surface area contributed by atoms with Crippen molar-refractivity contribution in [2.24, 2.45) is 0 Å². The molecule has 18 heavy (non-hydrogen) atoms. The Bertz CT molecular complexity index is 550. The van der Waals surface area contributed by atoms with Gasteiger partial charge in [-0.25, -0.2) is 0 Å². The number of nitrogens with one attached hydrogen (secondary N) is 1. The van der Waals surface area contributed by atoms with Crippen LogP contribution in [-0.4, -0.2) is 24.2 Å². The molecule has 94 valence electrons. The standard InChI is InChI=1S/C14H17N3O/c15-14-12-3-6-16-9-10(12)1-2-13(14)17-11-4-7-18-8-5-11/h1-3,6,9,11,17H,4-5,7-8,15H2. The second-order valence-electron chi connectivity index (χ2n) is 4.65. The number of rotatable bonds is 2. The fourth-order valence-electron chi connectivity index (χ4n) is 2.38. The van der Waals surface area contributed by atoms with Crippen molar-refractivity contribution in [2.75, 3.05) is 24.3 Å². The lowest BCUT2D eigenvalue weighted by Crippen LogP contribution is -2.28. The molecular weight excluding hydrogens is 226 g/mol. The summed E-state index contributed by atoms with van der Waals surface area (Å²) in [5.41, 5.74) is 8.04. The molecule has 0 saturated carbocycles. The Hall–Kier alpha value is -1.81. The fraction of sp³-hybridized carbons (Fsp3) is 0.357. The molecule has 0 bridgehead atoms. The molecule has 2 aromatic rings. The van der Waals surface area contributed by atoms with E-state index in [-0.39, 0.29) is 0 Å². The maximum Gasteiger partial charge on any atom is 0.0630 e. The zero-order valence-electron chi connectivity index (χ0n) is 10.2. The zero-order chi connectivity index (χ0) is 12.4. The van der Waals surface area contributed by atoms with Gasteiger partial charge < -0.3 is 15.8 Å². The number of nitrogen functional groups attached to an aromatic ring is 1. The first-order chi connectivity index (χ1) is 8.84. The largest absolute Gasteiger partial charge is 0.397 e. The Balaban J connectivity index is 1.89. The number of hydrogen-bond acceptors (Lipinski definition) is 4. The highest BCUT2D eigenvalue weighted by atomic mass is 16.5. The molecule has 3 rings (SSSR count). The second-order valence-corrected chi connectivity index (χ2v) is 4.65. The van der Waals surface area contributed by atoms with Crippen LogP contribution in [0.25, 0.3) is 10.8 Å². The van der Waals surface area contributed by atoms with Crippen LogP contribution in [0.5, 0.6) is 0 Å². The van der Waals surface area contributed by atoms with Crippen LogP contribution >= 0.6 is 0 Å². The van der Waals surface area contributed by atoms with Crippen molar-refractivity contribution in [3.63, 3.8) is 0 Å². The lowest BCUT2D eigenvalue weighted by molar-refractivity contribution is 0.0904. The van der Waals surface area contributed by atoms with Crippen LogP contribution in [0.1, 0.15) is 12.8 Å². The molecule has 4 heteroatoms. The summed E-state index contributed by atoms with van der Waals surface area (Å²) >= 11 is 0. The average molecular weight is 243 g/mol. The molecule has 0 aliphatic carbocycles. The summed E-state index contributed by atoms with van der Waals surface area (Å²) in [5, 5.41) is 5.65. The number of anilines is 2. The summed E-state index contributed by atoms with van der Waals surface area (Å²) < 4.78 is 5.36. The van der Waals surface area contributed by atoms with E-state index in [0.717, 1.165) is 48.2 Å². The Morgan fingerprint density at radius 1 is 1.22 bits per heavy atom. The topological polar surface area (TPSA) is 60.2 Å². The molecule has 0 atom stereocenters. The zero-order valence-corrected chi connectivity index (χ0v) is 10.2. The smallest absolute Gasteiger partial charge is 0.0630 e. The van der Waals surface area contributed by atoms with Gasteiger partial charge >= 0.3 is 0 Å². The van der Waals surface area contributed by atoms with Crippen LogP contribution in [0, 0.1) is 0 Å². The number of benzene rings is 1. The molecule has 2 heterocycles. The Morgan fingerprint density at radius 2 is 2.06 bits per heavy atom. The molecule has 1 fully saturated rings. The van der Waals surface area contributed by atoms with E-state index in [2.05, 4.69) is 16.4 Å². The third-order valence-electron chi connectivity index (χ3n) is 3.44. The molecule has 1 aromatic carbocycles. The Labute approximate surface area is 106 Å². The minimum Gasteiger partial charge on any atom is -0.397 e. The molecular formula is C14H17N3O. The van der Waals surface area contributed by atoms with Gasteiger partial charge in [0, 0.05) is 42.4 Å². The number of nitrogens with two attached hydrogens (primary N) is 1. The van der Waals surface area contributed by atoms with E-state index in [4.69, 9.17) is 10.5 Å². The Morgan fingerprint density at radius 3 is 2.89 bits per heavy atom. The van der Waals surface area contributed by atoms with E-state index in [1.165, 1.54) is 0 Å². The highest BCUT2D eigenvalue weighted by Crippen LogP contribution is 2.29. The van der Waals surface area contributed by atoms with Gasteiger partial charge in [0.25, 0.3) is 0 Å². The molecule has 0 spiro atoms. The van der Waals surface area contributed by atoms with Crippen molar-refractivity contribution in [3.8, 4) is 0 Å². The summed E-state index contributed by atoms with van der Waals surface area (Å²) in [5.74, 6) is 0. The van der Waals surface area contributed by atoms with Gasteiger partial charge in [-0.2, -0.15) is 0 Å². The molecule has 4 nitrogen and oxygen atoms in total. The van der Waals surface area contributed by atoms with E-state index in [9.17, 15) is 0 Å². The monoisotopic (exact) mass is 243 g/mol. The highest BCUT2D eigenvalue weighted by Gasteiger charge is 2.14. The summed E-state index contributed by atoms with van der Waals surface area (Å²) in [6, 6.07) is 6.51. The normalized spacial score (nSPS) is 16.9. The van der Waals surface area contributed by atoms with Crippen molar-refractivity contribution < 1.29 is 4.74 Å². The minimum atomic E-state index is 0.459. The molecule has 0 unspecified atom stereocenters. The number of hydrogen-bond donors (Lipinski definition) is 2. The third-order valence-corrected chi connectivity index (χ3v) is 3.44. The van der Waals surface area contributed by atoms with Crippen LogP contribution in [0.4, 0.5) is 11.4 Å². The van der Waals surface area contributed by atoms with Crippen molar-refractivity contribution in [1.82, 2.24) is 4.98 Å². The van der Waals surface area contributed by atoms with Crippen molar-refractivity contribution >= 4 is 22.1 Å². The number of pyridine rings is 1. The van der Waals surface area contributed by atoms with E-state index in [1.54, 1.807) is 6.20 Å². The summed E-state index contributed by atoms with van der Waals surface area (Å²) in [7, 11) is 0. The first-order valence-corrected chi connectivity index (χ1v) is 6.31. The van der Waals surface area contributed by atoms with Crippen LogP contribution < -0.4 is 11.1 Å². The SMILES string of the molecule is Nc1c(NC2CCOCC2)ccc2cnccc12. The molecule has 1 aromatic heterocycles. The molecule has 0 radical (unpaired) electrons. The van der Waals surface area contributed by atoms with Crippen LogP contribution in [0.15, 0.2) is 30.6 Å². The van der Waals surface area contributed by atoms with Gasteiger partial charge in [0.15, 0.2) is 0 Å². The minimum absolute atomic E-state index is 0.459.